The maximum absolute atomic E-state index is 12.8. The first kappa shape index (κ1) is 18.7. The van der Waals surface area contributed by atoms with Crippen molar-refractivity contribution in [3.8, 4) is 0 Å². The maximum Gasteiger partial charge on any atom is 0.246 e. The molecule has 1 atom stereocenters. The fourth-order valence-electron chi connectivity index (χ4n) is 3.03. The number of hydrogen-bond acceptors (Lipinski definition) is 4. The van der Waals surface area contributed by atoms with Crippen LogP contribution in [0.25, 0.3) is 6.08 Å². The molecule has 1 amide bonds. The molecule has 2 aromatic rings. The largest absolute Gasteiger partial charge is 0.378 e. The molecule has 0 spiro atoms. The molecule has 3 rings (SSSR count). The minimum absolute atomic E-state index is 0.0309. The fraction of sp³-hybridized carbons (Fsp3) is 0.381. The summed E-state index contributed by atoms with van der Waals surface area (Å²) in [5.41, 5.74) is 3.35. The topological polar surface area (TPSA) is 32.8 Å². The Bertz CT molecular complexity index is 717. The third kappa shape index (κ3) is 5.19. The summed E-state index contributed by atoms with van der Waals surface area (Å²) in [5, 5.41) is 4.05. The van der Waals surface area contributed by atoms with E-state index in [0.29, 0.717) is 13.1 Å². The zero-order valence-electron chi connectivity index (χ0n) is 15.4. The lowest BCUT2D eigenvalue weighted by Crippen LogP contribution is -2.35. The number of hydrogen-bond donors (Lipinski definition) is 0. The van der Waals surface area contributed by atoms with Crippen LogP contribution >= 0.6 is 11.3 Å². The first-order valence-corrected chi connectivity index (χ1v) is 9.93. The van der Waals surface area contributed by atoms with E-state index >= 15 is 0 Å². The second kappa shape index (κ2) is 9.01. The number of rotatable bonds is 7. The molecule has 0 radical (unpaired) electrons. The third-order valence-electron chi connectivity index (χ3n) is 4.55. The SMILES string of the molecule is CN(C)c1ccc(CN(C[C@H]2CCCO2)C(=O)/C=C/c2ccsc2)cc1. The molecule has 5 heteroatoms. The number of amides is 1. The van der Waals surface area contributed by atoms with Crippen molar-refractivity contribution >= 4 is 29.0 Å². The second-order valence-corrected chi connectivity index (χ2v) is 7.58. The van der Waals surface area contributed by atoms with Gasteiger partial charge in [0.1, 0.15) is 0 Å². The van der Waals surface area contributed by atoms with Crippen LogP contribution in [0.5, 0.6) is 0 Å². The molecule has 1 saturated heterocycles. The third-order valence-corrected chi connectivity index (χ3v) is 5.25. The van der Waals surface area contributed by atoms with Crippen molar-refractivity contribution in [2.24, 2.45) is 0 Å². The monoisotopic (exact) mass is 370 g/mol. The van der Waals surface area contributed by atoms with E-state index in [-0.39, 0.29) is 12.0 Å². The van der Waals surface area contributed by atoms with E-state index in [2.05, 4.69) is 29.2 Å². The highest BCUT2D eigenvalue weighted by Crippen LogP contribution is 2.18. The Labute approximate surface area is 159 Å². The number of nitrogens with zero attached hydrogens (tertiary/aromatic N) is 2. The van der Waals surface area contributed by atoms with Crippen molar-refractivity contribution in [2.45, 2.75) is 25.5 Å². The first-order chi connectivity index (χ1) is 12.6. The molecule has 1 aromatic carbocycles. The lowest BCUT2D eigenvalue weighted by molar-refractivity contribution is -0.128. The molecule has 0 aliphatic carbocycles. The Balaban J connectivity index is 1.70. The predicted octanol–water partition coefficient (Wildman–Crippen LogP) is 4.04. The van der Waals surface area contributed by atoms with Crippen molar-refractivity contribution in [3.63, 3.8) is 0 Å². The van der Waals surface area contributed by atoms with E-state index in [4.69, 9.17) is 4.74 Å². The fourth-order valence-corrected chi connectivity index (χ4v) is 3.66. The minimum atomic E-state index is 0.0309. The molecule has 0 bridgehead atoms. The summed E-state index contributed by atoms with van der Waals surface area (Å²) in [6.07, 6.45) is 5.81. The number of carbonyl (C=O) groups is 1. The van der Waals surface area contributed by atoms with E-state index in [9.17, 15) is 4.79 Å². The number of benzene rings is 1. The number of carbonyl (C=O) groups excluding carboxylic acids is 1. The smallest absolute Gasteiger partial charge is 0.246 e. The number of thiophene rings is 1. The van der Waals surface area contributed by atoms with Crippen LogP contribution in [0, 0.1) is 0 Å². The Morgan fingerprint density at radius 2 is 2.08 bits per heavy atom. The normalized spacial score (nSPS) is 16.9. The Morgan fingerprint density at radius 3 is 2.69 bits per heavy atom. The molecular formula is C21H26N2O2S. The van der Waals surface area contributed by atoms with Gasteiger partial charge in [0.25, 0.3) is 0 Å². The van der Waals surface area contributed by atoms with Gasteiger partial charge in [-0.1, -0.05) is 12.1 Å². The van der Waals surface area contributed by atoms with Gasteiger partial charge >= 0.3 is 0 Å². The van der Waals surface area contributed by atoms with Crippen LogP contribution in [0.3, 0.4) is 0 Å². The molecule has 4 nitrogen and oxygen atoms in total. The summed E-state index contributed by atoms with van der Waals surface area (Å²) in [6.45, 7) is 2.04. The first-order valence-electron chi connectivity index (χ1n) is 8.99. The molecular weight excluding hydrogens is 344 g/mol. The minimum Gasteiger partial charge on any atom is -0.378 e. The zero-order chi connectivity index (χ0) is 18.4. The Hall–Kier alpha value is -2.11. The molecule has 26 heavy (non-hydrogen) atoms. The van der Waals surface area contributed by atoms with Crippen LogP contribution in [-0.4, -0.2) is 44.2 Å². The number of ether oxygens (including phenoxy) is 1. The lowest BCUT2D eigenvalue weighted by Gasteiger charge is -2.25. The molecule has 1 aliphatic heterocycles. The van der Waals surface area contributed by atoms with Gasteiger partial charge in [0.2, 0.25) is 5.91 Å². The standard InChI is InChI=1S/C21H26N2O2S/c1-22(2)19-8-5-17(6-9-19)14-23(15-20-4-3-12-25-20)21(24)10-7-18-11-13-26-16-18/h5-11,13,16,20H,3-4,12,14-15H2,1-2H3/b10-7+/t20-/m1/s1. The molecule has 0 unspecified atom stereocenters. The molecule has 1 aliphatic rings. The maximum atomic E-state index is 12.8. The van der Waals surface area contributed by atoms with Crippen LogP contribution in [0.4, 0.5) is 5.69 Å². The van der Waals surface area contributed by atoms with Crippen molar-refractivity contribution in [3.05, 3.63) is 58.3 Å². The van der Waals surface area contributed by atoms with Gasteiger partial charge in [-0.3, -0.25) is 4.79 Å². The highest BCUT2D eigenvalue weighted by atomic mass is 32.1. The van der Waals surface area contributed by atoms with Gasteiger partial charge in [-0.2, -0.15) is 11.3 Å². The van der Waals surface area contributed by atoms with Crippen molar-refractivity contribution < 1.29 is 9.53 Å². The summed E-state index contributed by atoms with van der Waals surface area (Å²) in [6, 6.07) is 10.4. The van der Waals surface area contributed by atoms with Crippen molar-refractivity contribution in [1.82, 2.24) is 4.90 Å². The highest BCUT2D eigenvalue weighted by Gasteiger charge is 2.21. The van der Waals surface area contributed by atoms with Crippen LogP contribution in [0.15, 0.2) is 47.2 Å². The van der Waals surface area contributed by atoms with Gasteiger partial charge in [-0.05, 0) is 59.0 Å². The van der Waals surface area contributed by atoms with Crippen LogP contribution < -0.4 is 4.90 Å². The molecule has 138 valence electrons. The van der Waals surface area contributed by atoms with E-state index in [1.807, 2.05) is 41.9 Å². The molecule has 2 heterocycles. The van der Waals surface area contributed by atoms with Crippen LogP contribution in [0.2, 0.25) is 0 Å². The summed E-state index contributed by atoms with van der Waals surface area (Å²) < 4.78 is 5.75. The van der Waals surface area contributed by atoms with Gasteiger partial charge < -0.3 is 14.5 Å². The van der Waals surface area contributed by atoms with E-state index in [1.165, 1.54) is 0 Å². The van der Waals surface area contributed by atoms with E-state index in [0.717, 1.165) is 36.3 Å². The average Bonchev–Trinajstić information content (AvgIpc) is 3.33. The van der Waals surface area contributed by atoms with Gasteiger partial charge in [0, 0.05) is 45.6 Å². The molecule has 0 saturated carbocycles. The summed E-state index contributed by atoms with van der Waals surface area (Å²) in [4.78, 5) is 16.7. The highest BCUT2D eigenvalue weighted by molar-refractivity contribution is 7.08. The molecule has 1 aromatic heterocycles. The van der Waals surface area contributed by atoms with Gasteiger partial charge in [-0.25, -0.2) is 0 Å². The van der Waals surface area contributed by atoms with E-state index < -0.39 is 0 Å². The Kier molecular flexibility index (Phi) is 6.47. The molecule has 0 N–H and O–H groups in total. The van der Waals surface area contributed by atoms with Gasteiger partial charge in [-0.15, -0.1) is 0 Å². The summed E-state index contributed by atoms with van der Waals surface area (Å²) >= 11 is 1.63. The van der Waals surface area contributed by atoms with Gasteiger partial charge in [0.15, 0.2) is 0 Å². The lowest BCUT2D eigenvalue weighted by atomic mass is 10.1. The summed E-state index contributed by atoms with van der Waals surface area (Å²) in [5.74, 6) is 0.0309. The summed E-state index contributed by atoms with van der Waals surface area (Å²) in [7, 11) is 4.05. The predicted molar refractivity (Wildman–Crippen MR) is 109 cm³/mol. The zero-order valence-corrected chi connectivity index (χ0v) is 16.2. The van der Waals surface area contributed by atoms with Crippen molar-refractivity contribution in [1.29, 1.82) is 0 Å². The number of anilines is 1. The van der Waals surface area contributed by atoms with Crippen molar-refractivity contribution in [2.75, 3.05) is 32.1 Å². The second-order valence-electron chi connectivity index (χ2n) is 6.80. The molecule has 1 fully saturated rings. The van der Waals surface area contributed by atoms with Crippen LogP contribution in [0.1, 0.15) is 24.0 Å². The Morgan fingerprint density at radius 1 is 1.27 bits per heavy atom. The average molecular weight is 371 g/mol. The van der Waals surface area contributed by atoms with Crippen LogP contribution in [-0.2, 0) is 16.1 Å². The quantitative estimate of drug-likeness (QED) is 0.690. The van der Waals surface area contributed by atoms with Gasteiger partial charge in [0.05, 0.1) is 6.10 Å². The van der Waals surface area contributed by atoms with E-state index in [1.54, 1.807) is 17.4 Å².